The topological polar surface area (TPSA) is 17.1 Å². The molecule has 0 saturated carbocycles. The number of halogens is 1. The Balaban J connectivity index is 4.78. The Morgan fingerprint density at radius 2 is 2.00 bits per heavy atom. The number of carbonyl (C=O) groups is 1. The highest BCUT2D eigenvalue weighted by molar-refractivity contribution is 5.98. The highest BCUT2D eigenvalue weighted by atomic mass is 19.1. The third-order valence-electron chi connectivity index (χ3n) is 1.26. The van der Waals surface area contributed by atoms with Gasteiger partial charge in [0.05, 0.1) is 5.57 Å². The van der Waals surface area contributed by atoms with Crippen LogP contribution in [0.3, 0.4) is 0 Å². The van der Waals surface area contributed by atoms with Crippen molar-refractivity contribution < 1.29 is 9.18 Å². The van der Waals surface area contributed by atoms with Crippen molar-refractivity contribution in [1.82, 2.24) is 0 Å². The van der Waals surface area contributed by atoms with E-state index in [0.29, 0.717) is 0 Å². The lowest BCUT2D eigenvalue weighted by molar-refractivity contribution is -0.115. The number of Topliss-reactive ketones (excluding diaryl/α,β-unsaturated/α-hetero) is 1. The van der Waals surface area contributed by atoms with Crippen molar-refractivity contribution >= 4 is 5.78 Å². The number of carbonyl (C=O) groups excluding carboxylic acids is 1. The van der Waals surface area contributed by atoms with Crippen LogP contribution in [-0.2, 0) is 4.79 Å². The minimum absolute atomic E-state index is 0.0162. The molecule has 0 aromatic heterocycles. The van der Waals surface area contributed by atoms with Crippen LogP contribution in [-0.4, -0.2) is 5.78 Å². The summed E-state index contributed by atoms with van der Waals surface area (Å²) in [6.07, 6.45) is 2.50. The molecule has 0 amide bonds. The zero-order valence-corrected chi connectivity index (χ0v) is 6.56. The largest absolute Gasteiger partial charge is 0.294 e. The second-order valence-electron chi connectivity index (χ2n) is 1.95. The summed E-state index contributed by atoms with van der Waals surface area (Å²) in [6, 6.07) is 0. The smallest absolute Gasteiger partial charge is 0.165 e. The predicted molar refractivity (Wildman–Crippen MR) is 43.8 cm³/mol. The maximum absolute atomic E-state index is 12.7. The standard InChI is InChI=1S/C9H11FO/c1-4-7(8(10)5-2)9(11)6-3/h4-5H,1-2,6H2,3H3/b8-7-. The molecule has 0 fully saturated rings. The van der Waals surface area contributed by atoms with Gasteiger partial charge in [0.2, 0.25) is 0 Å². The number of hydrogen-bond acceptors (Lipinski definition) is 1. The minimum atomic E-state index is -0.605. The maximum Gasteiger partial charge on any atom is 0.165 e. The first-order valence-corrected chi connectivity index (χ1v) is 3.35. The van der Waals surface area contributed by atoms with E-state index < -0.39 is 5.83 Å². The van der Waals surface area contributed by atoms with Gasteiger partial charge in [0.1, 0.15) is 5.83 Å². The molecule has 0 radical (unpaired) electrons. The zero-order chi connectivity index (χ0) is 8.85. The van der Waals surface area contributed by atoms with Gasteiger partial charge in [-0.25, -0.2) is 4.39 Å². The molecule has 0 atom stereocenters. The van der Waals surface area contributed by atoms with E-state index in [1.54, 1.807) is 6.92 Å². The van der Waals surface area contributed by atoms with Crippen LogP contribution >= 0.6 is 0 Å². The molecule has 0 aliphatic heterocycles. The molecule has 11 heavy (non-hydrogen) atoms. The lowest BCUT2D eigenvalue weighted by atomic mass is 10.1. The quantitative estimate of drug-likeness (QED) is 0.449. The van der Waals surface area contributed by atoms with Gasteiger partial charge in [0.25, 0.3) is 0 Å². The molecule has 0 N–H and O–H groups in total. The summed E-state index contributed by atoms with van der Waals surface area (Å²) in [5.41, 5.74) is 0.0162. The Bertz CT molecular complexity index is 214. The molecule has 2 heteroatoms. The van der Waals surface area contributed by atoms with Crippen molar-refractivity contribution in [3.05, 3.63) is 36.7 Å². The Morgan fingerprint density at radius 3 is 2.27 bits per heavy atom. The van der Waals surface area contributed by atoms with Crippen molar-refractivity contribution in [3.8, 4) is 0 Å². The highest BCUT2D eigenvalue weighted by Crippen LogP contribution is 2.10. The van der Waals surface area contributed by atoms with Gasteiger partial charge in [-0.2, -0.15) is 0 Å². The Hall–Kier alpha value is -1.18. The summed E-state index contributed by atoms with van der Waals surface area (Å²) < 4.78 is 12.7. The summed E-state index contributed by atoms with van der Waals surface area (Å²) >= 11 is 0. The summed E-state index contributed by atoms with van der Waals surface area (Å²) in [5, 5.41) is 0. The van der Waals surface area contributed by atoms with E-state index in [-0.39, 0.29) is 17.8 Å². The summed E-state index contributed by atoms with van der Waals surface area (Å²) in [6.45, 7) is 8.21. The van der Waals surface area contributed by atoms with E-state index in [2.05, 4.69) is 13.2 Å². The summed E-state index contributed by atoms with van der Waals surface area (Å²) in [4.78, 5) is 10.9. The first-order chi connectivity index (χ1) is 5.17. The Morgan fingerprint density at radius 1 is 1.45 bits per heavy atom. The van der Waals surface area contributed by atoms with Gasteiger partial charge in [-0.3, -0.25) is 4.79 Å². The molecule has 0 bridgehead atoms. The number of ketones is 1. The lowest BCUT2D eigenvalue weighted by Gasteiger charge is -1.97. The van der Waals surface area contributed by atoms with Gasteiger partial charge in [-0.1, -0.05) is 26.2 Å². The maximum atomic E-state index is 12.7. The third-order valence-corrected chi connectivity index (χ3v) is 1.26. The van der Waals surface area contributed by atoms with Crippen LogP contribution < -0.4 is 0 Å². The van der Waals surface area contributed by atoms with Crippen LogP contribution in [0.15, 0.2) is 36.7 Å². The van der Waals surface area contributed by atoms with E-state index >= 15 is 0 Å². The molecular formula is C9H11FO. The molecule has 0 aromatic carbocycles. The first-order valence-electron chi connectivity index (χ1n) is 3.35. The van der Waals surface area contributed by atoms with Gasteiger partial charge in [-0.05, 0) is 6.08 Å². The van der Waals surface area contributed by atoms with Crippen molar-refractivity contribution in [2.45, 2.75) is 13.3 Å². The van der Waals surface area contributed by atoms with Gasteiger partial charge >= 0.3 is 0 Å². The van der Waals surface area contributed by atoms with Gasteiger partial charge < -0.3 is 0 Å². The van der Waals surface area contributed by atoms with Crippen LogP contribution in [0.2, 0.25) is 0 Å². The van der Waals surface area contributed by atoms with Crippen LogP contribution in [0, 0.1) is 0 Å². The van der Waals surface area contributed by atoms with Gasteiger partial charge in [-0.15, -0.1) is 0 Å². The van der Waals surface area contributed by atoms with Crippen LogP contribution in [0.4, 0.5) is 4.39 Å². The molecule has 1 nitrogen and oxygen atoms in total. The Labute approximate surface area is 65.9 Å². The molecule has 0 aliphatic carbocycles. The van der Waals surface area contributed by atoms with Crippen molar-refractivity contribution in [2.75, 3.05) is 0 Å². The number of hydrogen-bond donors (Lipinski definition) is 0. The monoisotopic (exact) mass is 154 g/mol. The SMILES string of the molecule is C=C/C(F)=C(\C=C)C(=O)CC. The van der Waals surface area contributed by atoms with Crippen LogP contribution in [0.5, 0.6) is 0 Å². The molecule has 0 aromatic rings. The fraction of sp³-hybridized carbons (Fsp3) is 0.222. The molecule has 0 rings (SSSR count). The van der Waals surface area contributed by atoms with E-state index in [0.717, 1.165) is 6.08 Å². The molecule has 0 unspecified atom stereocenters. The van der Waals surface area contributed by atoms with Crippen molar-refractivity contribution in [3.63, 3.8) is 0 Å². The molecule has 0 aliphatic rings. The average molecular weight is 154 g/mol. The van der Waals surface area contributed by atoms with Crippen molar-refractivity contribution in [1.29, 1.82) is 0 Å². The first kappa shape index (κ1) is 9.82. The van der Waals surface area contributed by atoms with E-state index in [9.17, 15) is 9.18 Å². The normalized spacial score (nSPS) is 11.8. The second-order valence-corrected chi connectivity index (χ2v) is 1.95. The molecule has 0 saturated heterocycles. The number of rotatable bonds is 4. The van der Waals surface area contributed by atoms with Crippen molar-refractivity contribution in [2.24, 2.45) is 0 Å². The van der Waals surface area contributed by atoms with E-state index in [4.69, 9.17) is 0 Å². The lowest BCUT2D eigenvalue weighted by Crippen LogP contribution is -1.98. The van der Waals surface area contributed by atoms with E-state index in [1.807, 2.05) is 0 Å². The predicted octanol–water partition coefficient (Wildman–Crippen LogP) is 2.56. The van der Waals surface area contributed by atoms with Crippen LogP contribution in [0.1, 0.15) is 13.3 Å². The third kappa shape index (κ3) is 2.50. The zero-order valence-electron chi connectivity index (χ0n) is 6.56. The molecule has 0 spiro atoms. The molecular weight excluding hydrogens is 143 g/mol. The van der Waals surface area contributed by atoms with Gasteiger partial charge in [0, 0.05) is 6.42 Å². The fourth-order valence-corrected chi connectivity index (χ4v) is 0.645. The second kappa shape index (κ2) is 4.61. The fourth-order valence-electron chi connectivity index (χ4n) is 0.645. The summed E-state index contributed by atoms with van der Waals surface area (Å²) in [7, 11) is 0. The average Bonchev–Trinajstić information content (AvgIpc) is 2.05. The minimum Gasteiger partial charge on any atom is -0.294 e. The van der Waals surface area contributed by atoms with Crippen LogP contribution in [0.25, 0.3) is 0 Å². The molecule has 0 heterocycles. The number of allylic oxidation sites excluding steroid dienone is 4. The molecule has 60 valence electrons. The Kier molecular flexibility index (Phi) is 4.11. The summed E-state index contributed by atoms with van der Waals surface area (Å²) in [5.74, 6) is -0.857. The highest BCUT2D eigenvalue weighted by Gasteiger charge is 2.07. The van der Waals surface area contributed by atoms with Gasteiger partial charge in [0.15, 0.2) is 5.78 Å². The van der Waals surface area contributed by atoms with E-state index in [1.165, 1.54) is 6.08 Å².